The largest absolute Gasteiger partial charge is 0.493 e. The first-order chi connectivity index (χ1) is 6.27. The summed E-state index contributed by atoms with van der Waals surface area (Å²) in [5, 5.41) is 0. The minimum atomic E-state index is 0.118. The molecule has 0 fully saturated rings. The van der Waals surface area contributed by atoms with Crippen molar-refractivity contribution in [1.29, 1.82) is 0 Å². The van der Waals surface area contributed by atoms with Crippen LogP contribution in [0, 0.1) is 0 Å². The molecule has 2 heteroatoms. The van der Waals surface area contributed by atoms with Gasteiger partial charge < -0.3 is 10.5 Å². The van der Waals surface area contributed by atoms with Crippen LogP contribution in [0.4, 0.5) is 0 Å². The Bertz CT molecular complexity index is 307. The molecule has 0 aromatic heterocycles. The molecule has 1 atom stereocenters. The van der Waals surface area contributed by atoms with Crippen LogP contribution in [-0.2, 0) is 6.42 Å². The summed E-state index contributed by atoms with van der Waals surface area (Å²) in [6.45, 7) is 2.86. The smallest absolute Gasteiger partial charge is 0.122 e. The highest BCUT2D eigenvalue weighted by Gasteiger charge is 2.11. The van der Waals surface area contributed by atoms with Crippen LogP contribution >= 0.6 is 0 Å². The Morgan fingerprint density at radius 3 is 3.08 bits per heavy atom. The molecule has 1 aliphatic rings. The third-order valence-electron chi connectivity index (χ3n) is 2.46. The lowest BCUT2D eigenvalue weighted by atomic mass is 10.0. The van der Waals surface area contributed by atoms with Crippen LogP contribution in [-0.4, -0.2) is 6.61 Å². The summed E-state index contributed by atoms with van der Waals surface area (Å²) in [6.07, 6.45) is 2.24. The number of rotatable bonds is 1. The Labute approximate surface area is 78.7 Å². The molecule has 0 aliphatic carbocycles. The van der Waals surface area contributed by atoms with E-state index in [0.717, 1.165) is 25.2 Å². The highest BCUT2D eigenvalue weighted by Crippen LogP contribution is 2.26. The Hall–Kier alpha value is -1.02. The Morgan fingerprint density at radius 2 is 2.31 bits per heavy atom. The number of aryl methyl sites for hydroxylation is 1. The van der Waals surface area contributed by atoms with Crippen molar-refractivity contribution in [1.82, 2.24) is 0 Å². The topological polar surface area (TPSA) is 35.2 Å². The molecule has 1 heterocycles. The number of hydrogen-bond donors (Lipinski definition) is 1. The van der Waals surface area contributed by atoms with E-state index in [0.29, 0.717) is 0 Å². The second kappa shape index (κ2) is 3.38. The summed E-state index contributed by atoms with van der Waals surface area (Å²) in [6, 6.07) is 6.37. The zero-order valence-corrected chi connectivity index (χ0v) is 7.92. The lowest BCUT2D eigenvalue weighted by Crippen LogP contribution is -2.10. The van der Waals surface area contributed by atoms with Crippen molar-refractivity contribution in [3.63, 3.8) is 0 Å². The SMILES string of the molecule is C[C@@H](N)c1ccc2c(c1)CCCO2. The van der Waals surface area contributed by atoms with Gasteiger partial charge in [0.25, 0.3) is 0 Å². The summed E-state index contributed by atoms with van der Waals surface area (Å²) in [7, 11) is 0. The molecule has 70 valence electrons. The first-order valence-electron chi connectivity index (χ1n) is 4.78. The molecule has 0 bridgehead atoms. The molecule has 2 N–H and O–H groups in total. The standard InChI is InChI=1S/C11H15NO/c1-8(12)9-4-5-11-10(7-9)3-2-6-13-11/h4-5,7-8H,2-3,6,12H2,1H3/t8-/m1/s1. The van der Waals surface area contributed by atoms with Gasteiger partial charge in [0.15, 0.2) is 0 Å². The molecule has 13 heavy (non-hydrogen) atoms. The van der Waals surface area contributed by atoms with Crippen LogP contribution in [0.1, 0.15) is 30.5 Å². The van der Waals surface area contributed by atoms with Crippen LogP contribution in [0.3, 0.4) is 0 Å². The molecular weight excluding hydrogens is 162 g/mol. The van der Waals surface area contributed by atoms with E-state index in [9.17, 15) is 0 Å². The maximum absolute atomic E-state index is 5.81. The van der Waals surface area contributed by atoms with Gasteiger partial charge in [-0.15, -0.1) is 0 Å². The number of hydrogen-bond acceptors (Lipinski definition) is 2. The molecule has 0 saturated carbocycles. The van der Waals surface area contributed by atoms with Gasteiger partial charge in [0.2, 0.25) is 0 Å². The lowest BCUT2D eigenvalue weighted by Gasteiger charge is -2.18. The zero-order valence-electron chi connectivity index (χ0n) is 7.92. The summed E-state index contributed by atoms with van der Waals surface area (Å²) in [5.41, 5.74) is 8.31. The first kappa shape index (κ1) is 8.57. The lowest BCUT2D eigenvalue weighted by molar-refractivity contribution is 0.288. The van der Waals surface area contributed by atoms with Crippen molar-refractivity contribution in [2.24, 2.45) is 5.73 Å². The molecule has 1 aliphatic heterocycles. The molecule has 0 amide bonds. The molecule has 0 radical (unpaired) electrons. The van der Waals surface area contributed by atoms with Gasteiger partial charge in [-0.3, -0.25) is 0 Å². The summed E-state index contributed by atoms with van der Waals surface area (Å²) >= 11 is 0. The minimum absolute atomic E-state index is 0.118. The average molecular weight is 177 g/mol. The number of fused-ring (bicyclic) bond motifs is 1. The van der Waals surface area contributed by atoms with Crippen LogP contribution in [0.25, 0.3) is 0 Å². The van der Waals surface area contributed by atoms with Crippen LogP contribution in [0.2, 0.25) is 0 Å². The van der Waals surface area contributed by atoms with E-state index in [-0.39, 0.29) is 6.04 Å². The normalized spacial score (nSPS) is 17.4. The fraction of sp³-hybridized carbons (Fsp3) is 0.455. The second-order valence-corrected chi connectivity index (χ2v) is 3.61. The molecule has 2 nitrogen and oxygen atoms in total. The Balaban J connectivity index is 2.35. The van der Waals surface area contributed by atoms with Gasteiger partial charge in [0.05, 0.1) is 6.61 Å². The van der Waals surface area contributed by atoms with Gasteiger partial charge in [-0.05, 0) is 37.0 Å². The monoisotopic (exact) mass is 177 g/mol. The molecule has 1 aromatic rings. The van der Waals surface area contributed by atoms with E-state index in [2.05, 4.69) is 12.1 Å². The van der Waals surface area contributed by atoms with Crippen molar-refractivity contribution >= 4 is 0 Å². The third kappa shape index (κ3) is 1.68. The zero-order chi connectivity index (χ0) is 9.26. The predicted molar refractivity (Wildman–Crippen MR) is 52.9 cm³/mol. The summed E-state index contributed by atoms with van der Waals surface area (Å²) in [4.78, 5) is 0. The van der Waals surface area contributed by atoms with Crippen molar-refractivity contribution in [3.8, 4) is 5.75 Å². The van der Waals surface area contributed by atoms with E-state index in [4.69, 9.17) is 10.5 Å². The van der Waals surface area contributed by atoms with E-state index >= 15 is 0 Å². The van der Waals surface area contributed by atoms with Crippen molar-refractivity contribution in [2.45, 2.75) is 25.8 Å². The minimum Gasteiger partial charge on any atom is -0.493 e. The first-order valence-corrected chi connectivity index (χ1v) is 4.78. The molecule has 1 aromatic carbocycles. The van der Waals surface area contributed by atoms with Gasteiger partial charge in [-0.25, -0.2) is 0 Å². The summed E-state index contributed by atoms with van der Waals surface area (Å²) < 4.78 is 5.52. The predicted octanol–water partition coefficient (Wildman–Crippen LogP) is 2.03. The quantitative estimate of drug-likeness (QED) is 0.712. The van der Waals surface area contributed by atoms with Crippen LogP contribution in [0.15, 0.2) is 18.2 Å². The van der Waals surface area contributed by atoms with Crippen LogP contribution < -0.4 is 10.5 Å². The van der Waals surface area contributed by atoms with Gasteiger partial charge in [-0.1, -0.05) is 12.1 Å². The van der Waals surface area contributed by atoms with Gasteiger partial charge in [0.1, 0.15) is 5.75 Å². The van der Waals surface area contributed by atoms with Gasteiger partial charge in [-0.2, -0.15) is 0 Å². The molecule has 2 rings (SSSR count). The Kier molecular flexibility index (Phi) is 2.23. The fourth-order valence-electron chi connectivity index (χ4n) is 1.66. The van der Waals surface area contributed by atoms with E-state index in [1.165, 1.54) is 11.1 Å². The van der Waals surface area contributed by atoms with Gasteiger partial charge >= 0.3 is 0 Å². The fourth-order valence-corrected chi connectivity index (χ4v) is 1.66. The highest BCUT2D eigenvalue weighted by atomic mass is 16.5. The van der Waals surface area contributed by atoms with E-state index in [1.807, 2.05) is 13.0 Å². The maximum atomic E-state index is 5.81. The third-order valence-corrected chi connectivity index (χ3v) is 2.46. The van der Waals surface area contributed by atoms with E-state index in [1.54, 1.807) is 0 Å². The van der Waals surface area contributed by atoms with Crippen molar-refractivity contribution in [2.75, 3.05) is 6.61 Å². The molecular formula is C11H15NO. The number of ether oxygens (including phenoxy) is 1. The average Bonchev–Trinajstić information content (AvgIpc) is 2.17. The van der Waals surface area contributed by atoms with Crippen molar-refractivity contribution < 1.29 is 4.74 Å². The summed E-state index contributed by atoms with van der Waals surface area (Å²) in [5.74, 6) is 1.04. The van der Waals surface area contributed by atoms with Crippen LogP contribution in [0.5, 0.6) is 5.75 Å². The number of benzene rings is 1. The Morgan fingerprint density at radius 1 is 1.46 bits per heavy atom. The molecule has 0 spiro atoms. The number of nitrogens with two attached hydrogens (primary N) is 1. The van der Waals surface area contributed by atoms with E-state index < -0.39 is 0 Å². The molecule has 0 saturated heterocycles. The highest BCUT2D eigenvalue weighted by molar-refractivity contribution is 5.39. The maximum Gasteiger partial charge on any atom is 0.122 e. The molecule has 0 unspecified atom stereocenters. The second-order valence-electron chi connectivity index (χ2n) is 3.61. The van der Waals surface area contributed by atoms with Gasteiger partial charge in [0, 0.05) is 6.04 Å². The van der Waals surface area contributed by atoms with Crippen molar-refractivity contribution in [3.05, 3.63) is 29.3 Å².